The lowest BCUT2D eigenvalue weighted by Crippen LogP contribution is -2.02. The Balaban J connectivity index is 2.23. The summed E-state index contributed by atoms with van der Waals surface area (Å²) in [6.07, 6.45) is 9.42. The molecule has 2 aromatic carbocycles. The Hall–Kier alpha value is -2.54. The van der Waals surface area contributed by atoms with E-state index in [1.807, 2.05) is 0 Å². The van der Waals surface area contributed by atoms with Crippen LogP contribution in [0, 0.1) is 6.92 Å². The van der Waals surface area contributed by atoms with Gasteiger partial charge in [-0.15, -0.1) is 0 Å². The van der Waals surface area contributed by atoms with Gasteiger partial charge >= 0.3 is 0 Å². The van der Waals surface area contributed by atoms with Crippen molar-refractivity contribution in [2.45, 2.75) is 20.3 Å². The minimum Gasteiger partial charge on any atom is -0.362 e. The van der Waals surface area contributed by atoms with Gasteiger partial charge < -0.3 is 5.32 Å². The van der Waals surface area contributed by atoms with Crippen molar-refractivity contribution < 1.29 is 0 Å². The van der Waals surface area contributed by atoms with Crippen LogP contribution in [0.1, 0.15) is 34.7 Å². The molecule has 1 heteroatoms. The summed E-state index contributed by atoms with van der Waals surface area (Å²) < 4.78 is 0. The van der Waals surface area contributed by atoms with Gasteiger partial charge in [-0.05, 0) is 60.4 Å². The molecule has 0 heterocycles. The third kappa shape index (κ3) is 2.39. The van der Waals surface area contributed by atoms with Crippen molar-refractivity contribution in [2.24, 2.45) is 0 Å². The minimum atomic E-state index is 1.02. The Morgan fingerprint density at radius 2 is 2.00 bits per heavy atom. The molecule has 0 saturated heterocycles. The fourth-order valence-corrected chi connectivity index (χ4v) is 3.20. The quantitative estimate of drug-likeness (QED) is 0.775. The molecule has 0 unspecified atom stereocenters. The van der Waals surface area contributed by atoms with Gasteiger partial charge in [-0.25, -0.2) is 0 Å². The molecule has 0 saturated carbocycles. The maximum atomic E-state index is 3.84. The van der Waals surface area contributed by atoms with E-state index in [4.69, 9.17) is 0 Å². The summed E-state index contributed by atoms with van der Waals surface area (Å²) in [5.74, 6) is 0. The van der Waals surface area contributed by atoms with Crippen LogP contribution in [-0.4, -0.2) is 0 Å². The van der Waals surface area contributed by atoms with Gasteiger partial charge in [0.05, 0.1) is 0 Å². The topological polar surface area (TPSA) is 12.0 Å². The van der Waals surface area contributed by atoms with Crippen LogP contribution in [0.3, 0.4) is 0 Å². The Morgan fingerprint density at radius 3 is 2.68 bits per heavy atom. The van der Waals surface area contributed by atoms with E-state index in [1.54, 1.807) is 6.20 Å². The van der Waals surface area contributed by atoms with E-state index in [2.05, 4.69) is 80.4 Å². The van der Waals surface area contributed by atoms with Crippen LogP contribution in [0.15, 0.2) is 61.3 Å². The zero-order valence-corrected chi connectivity index (χ0v) is 13.2. The van der Waals surface area contributed by atoms with Gasteiger partial charge in [0.15, 0.2) is 0 Å². The predicted octanol–water partition coefficient (Wildman–Crippen LogP) is 5.57. The number of nitrogens with one attached hydrogen (secondary N) is 1. The molecule has 1 nitrogen and oxygen atoms in total. The molecule has 3 rings (SSSR count). The number of rotatable bonds is 4. The lowest BCUT2D eigenvalue weighted by atomic mass is 9.90. The largest absolute Gasteiger partial charge is 0.362 e. The second-order valence-electron chi connectivity index (χ2n) is 5.52. The van der Waals surface area contributed by atoms with Gasteiger partial charge in [0.25, 0.3) is 0 Å². The van der Waals surface area contributed by atoms with Crippen molar-refractivity contribution in [1.29, 1.82) is 0 Å². The van der Waals surface area contributed by atoms with Crippen LogP contribution in [0.2, 0.25) is 0 Å². The number of hydrogen-bond acceptors (Lipinski definition) is 1. The van der Waals surface area contributed by atoms with Crippen LogP contribution in [0.4, 0.5) is 5.69 Å². The zero-order valence-electron chi connectivity index (χ0n) is 13.2. The Bertz CT molecular complexity index is 764. The molecule has 22 heavy (non-hydrogen) atoms. The average molecular weight is 287 g/mol. The standard InChI is InChI=1S/C21H21N/c1-4-18(16-10-7-6-8-11-16)20-14-17-12-9-13-19(17)15(3)21(20)22-5-2/h4-12,14,22H,2,13H2,1,3H3/b18-4-. The number of anilines is 1. The summed E-state index contributed by atoms with van der Waals surface area (Å²) in [5, 5.41) is 3.35. The molecule has 0 spiro atoms. The van der Waals surface area contributed by atoms with Crippen molar-refractivity contribution in [1.82, 2.24) is 0 Å². The molecule has 0 bridgehead atoms. The first kappa shape index (κ1) is 14.4. The molecule has 0 amide bonds. The molecule has 110 valence electrons. The summed E-state index contributed by atoms with van der Waals surface area (Å²) in [6.45, 7) is 8.13. The Morgan fingerprint density at radius 1 is 1.23 bits per heavy atom. The first-order valence-corrected chi connectivity index (χ1v) is 7.68. The second kappa shape index (κ2) is 6.07. The normalized spacial score (nSPS) is 13.1. The van der Waals surface area contributed by atoms with E-state index in [1.165, 1.54) is 33.4 Å². The smallest absolute Gasteiger partial charge is 0.0492 e. The first-order valence-electron chi connectivity index (χ1n) is 7.68. The number of benzene rings is 2. The molecular weight excluding hydrogens is 266 g/mol. The predicted molar refractivity (Wildman–Crippen MR) is 96.9 cm³/mol. The lowest BCUT2D eigenvalue weighted by molar-refractivity contribution is 1.23. The first-order chi connectivity index (χ1) is 10.8. The maximum Gasteiger partial charge on any atom is 0.0492 e. The van der Waals surface area contributed by atoms with Crippen molar-refractivity contribution in [2.75, 3.05) is 5.32 Å². The molecule has 1 N–H and O–H groups in total. The molecule has 0 aromatic heterocycles. The number of allylic oxidation sites excluding steroid dienone is 2. The van der Waals surface area contributed by atoms with Gasteiger partial charge in [0, 0.05) is 11.3 Å². The van der Waals surface area contributed by atoms with Crippen molar-refractivity contribution in [3.63, 3.8) is 0 Å². The SMILES string of the molecule is C=CNc1c(/C(=C\C)c2ccccc2)cc2c(c1C)CC=C2. The summed E-state index contributed by atoms with van der Waals surface area (Å²) in [6, 6.07) is 12.8. The Labute approximate surface area is 132 Å². The van der Waals surface area contributed by atoms with E-state index < -0.39 is 0 Å². The average Bonchev–Trinajstić information content (AvgIpc) is 3.01. The monoisotopic (exact) mass is 287 g/mol. The molecule has 1 aliphatic carbocycles. The summed E-state index contributed by atoms with van der Waals surface area (Å²) in [7, 11) is 0. The zero-order chi connectivity index (χ0) is 15.5. The van der Waals surface area contributed by atoms with Gasteiger partial charge in [0.2, 0.25) is 0 Å². The second-order valence-corrected chi connectivity index (χ2v) is 5.52. The van der Waals surface area contributed by atoms with E-state index in [0.717, 1.165) is 12.1 Å². The van der Waals surface area contributed by atoms with Crippen LogP contribution >= 0.6 is 0 Å². The maximum absolute atomic E-state index is 3.84. The van der Waals surface area contributed by atoms with E-state index in [0.29, 0.717) is 0 Å². The molecule has 0 radical (unpaired) electrons. The van der Waals surface area contributed by atoms with E-state index in [9.17, 15) is 0 Å². The summed E-state index contributed by atoms with van der Waals surface area (Å²) in [4.78, 5) is 0. The highest BCUT2D eigenvalue weighted by Gasteiger charge is 2.18. The summed E-state index contributed by atoms with van der Waals surface area (Å²) >= 11 is 0. The molecule has 1 aliphatic rings. The van der Waals surface area contributed by atoms with Gasteiger partial charge in [-0.2, -0.15) is 0 Å². The van der Waals surface area contributed by atoms with Crippen molar-refractivity contribution >= 4 is 17.3 Å². The number of hydrogen-bond donors (Lipinski definition) is 1. The van der Waals surface area contributed by atoms with Gasteiger partial charge in [0.1, 0.15) is 0 Å². The van der Waals surface area contributed by atoms with Gasteiger partial charge in [-0.3, -0.25) is 0 Å². The van der Waals surface area contributed by atoms with Gasteiger partial charge in [-0.1, -0.05) is 55.1 Å². The highest BCUT2D eigenvalue weighted by molar-refractivity contribution is 5.90. The lowest BCUT2D eigenvalue weighted by Gasteiger charge is -2.19. The highest BCUT2D eigenvalue weighted by atomic mass is 14.8. The third-order valence-corrected chi connectivity index (χ3v) is 4.27. The molecular formula is C21H21N. The van der Waals surface area contributed by atoms with E-state index in [-0.39, 0.29) is 0 Å². The molecule has 0 atom stereocenters. The minimum absolute atomic E-state index is 1.02. The van der Waals surface area contributed by atoms with Crippen LogP contribution in [-0.2, 0) is 6.42 Å². The van der Waals surface area contributed by atoms with Crippen molar-refractivity contribution in [3.8, 4) is 0 Å². The Kier molecular flexibility index (Phi) is 3.97. The number of fused-ring (bicyclic) bond motifs is 1. The van der Waals surface area contributed by atoms with Crippen molar-refractivity contribution in [3.05, 3.63) is 89.1 Å². The fraction of sp³-hybridized carbons (Fsp3) is 0.143. The fourth-order valence-electron chi connectivity index (χ4n) is 3.20. The van der Waals surface area contributed by atoms with Crippen LogP contribution in [0.5, 0.6) is 0 Å². The molecule has 0 fully saturated rings. The third-order valence-electron chi connectivity index (χ3n) is 4.27. The molecule has 0 aliphatic heterocycles. The van der Waals surface area contributed by atoms with Crippen LogP contribution < -0.4 is 5.32 Å². The van der Waals surface area contributed by atoms with Crippen LogP contribution in [0.25, 0.3) is 11.6 Å². The summed E-state index contributed by atoms with van der Waals surface area (Å²) in [5.41, 5.74) is 8.93. The van der Waals surface area contributed by atoms with E-state index >= 15 is 0 Å². The molecule has 2 aromatic rings. The highest BCUT2D eigenvalue weighted by Crippen LogP contribution is 2.37.